The second-order valence-electron chi connectivity index (χ2n) is 6.67. The molecule has 0 aliphatic heterocycles. The molecule has 0 unspecified atom stereocenters. The molecule has 0 radical (unpaired) electrons. The van der Waals surface area contributed by atoms with Gasteiger partial charge in [-0.05, 0) is 40.0 Å². The Hall–Kier alpha value is -3.25. The standard InChI is InChI=1S/C24H21N2O3.BrH/c1-28-23-10-9-19(14-24(23)29-2)21-11-12-26(16-25-21)15-22(27)20-8-7-17-5-3-4-6-18(17)13-20;/h3-14,16H,15H2,1-2H3;1H/q+1;. The smallest absolute Gasteiger partial charge is 0.287 e. The van der Waals surface area contributed by atoms with Crippen LogP contribution in [0, 0.1) is 0 Å². The van der Waals surface area contributed by atoms with Crippen molar-refractivity contribution in [2.75, 3.05) is 14.2 Å². The van der Waals surface area contributed by atoms with Gasteiger partial charge in [0.25, 0.3) is 6.33 Å². The van der Waals surface area contributed by atoms with Crippen LogP contribution in [0.15, 0.2) is 79.3 Å². The summed E-state index contributed by atoms with van der Waals surface area (Å²) in [7, 11) is 3.21. The van der Waals surface area contributed by atoms with Crippen LogP contribution in [0.4, 0.5) is 0 Å². The van der Waals surface area contributed by atoms with Gasteiger partial charge in [0.15, 0.2) is 23.7 Å². The van der Waals surface area contributed by atoms with Gasteiger partial charge >= 0.3 is 0 Å². The number of Topliss-reactive ketones (excluding diaryl/α,β-unsaturated/α-hetero) is 1. The third-order valence-corrected chi connectivity index (χ3v) is 4.85. The Morgan fingerprint density at radius 1 is 0.900 bits per heavy atom. The van der Waals surface area contributed by atoms with Crippen molar-refractivity contribution in [3.05, 3.63) is 84.8 Å². The molecule has 5 nitrogen and oxygen atoms in total. The Bertz CT molecular complexity index is 1180. The lowest BCUT2D eigenvalue weighted by Gasteiger charge is -2.08. The molecule has 0 N–H and O–H groups in total. The second kappa shape index (κ2) is 9.50. The van der Waals surface area contributed by atoms with Crippen LogP contribution in [0.2, 0.25) is 0 Å². The maximum atomic E-state index is 12.7. The predicted octanol–water partition coefficient (Wildman–Crippen LogP) is 4.67. The SMILES string of the molecule is Br.COc1ccc(-c2cc[n+](CC(=O)c3ccc4ccccc4c3)cn2)cc1OC. The number of carbonyl (C=O) groups excluding carboxylic acids is 1. The molecule has 4 rings (SSSR count). The van der Waals surface area contributed by atoms with Crippen molar-refractivity contribution in [1.29, 1.82) is 0 Å². The number of benzene rings is 3. The van der Waals surface area contributed by atoms with Crippen LogP contribution in [0.25, 0.3) is 22.0 Å². The molecule has 0 saturated heterocycles. The Morgan fingerprint density at radius 3 is 2.37 bits per heavy atom. The van der Waals surface area contributed by atoms with E-state index < -0.39 is 0 Å². The van der Waals surface area contributed by atoms with E-state index in [0.29, 0.717) is 17.1 Å². The van der Waals surface area contributed by atoms with Crippen LogP contribution in [0.3, 0.4) is 0 Å². The van der Waals surface area contributed by atoms with Crippen molar-refractivity contribution in [3.63, 3.8) is 0 Å². The number of aromatic nitrogens is 2. The average Bonchev–Trinajstić information content (AvgIpc) is 2.78. The summed E-state index contributed by atoms with van der Waals surface area (Å²) in [5.74, 6) is 1.36. The van der Waals surface area contributed by atoms with Gasteiger partial charge in [-0.3, -0.25) is 4.79 Å². The van der Waals surface area contributed by atoms with E-state index in [1.54, 1.807) is 25.1 Å². The fraction of sp³-hybridized carbons (Fsp3) is 0.125. The second-order valence-corrected chi connectivity index (χ2v) is 6.67. The summed E-state index contributed by atoms with van der Waals surface area (Å²) in [4.78, 5) is 17.2. The van der Waals surface area contributed by atoms with E-state index in [4.69, 9.17) is 9.47 Å². The van der Waals surface area contributed by atoms with E-state index in [1.807, 2.05) is 72.9 Å². The molecule has 1 aromatic heterocycles. The molecule has 6 heteroatoms. The molecule has 0 amide bonds. The molecule has 30 heavy (non-hydrogen) atoms. The fourth-order valence-corrected chi connectivity index (χ4v) is 3.26. The number of nitrogens with zero attached hydrogens (tertiary/aromatic N) is 2. The van der Waals surface area contributed by atoms with Gasteiger partial charge < -0.3 is 9.47 Å². The molecule has 0 aliphatic carbocycles. The molecular weight excluding hydrogens is 444 g/mol. The third kappa shape index (κ3) is 4.49. The minimum atomic E-state index is 0. The van der Waals surface area contributed by atoms with Gasteiger partial charge in [0, 0.05) is 17.2 Å². The average molecular weight is 466 g/mol. The van der Waals surface area contributed by atoms with E-state index in [-0.39, 0.29) is 29.3 Å². The lowest BCUT2D eigenvalue weighted by Crippen LogP contribution is -2.37. The van der Waals surface area contributed by atoms with Crippen LogP contribution in [0.5, 0.6) is 11.5 Å². The summed E-state index contributed by atoms with van der Waals surface area (Å²) < 4.78 is 12.4. The maximum Gasteiger partial charge on any atom is 0.287 e. The predicted molar refractivity (Wildman–Crippen MR) is 122 cm³/mol. The summed E-state index contributed by atoms with van der Waals surface area (Å²) in [5.41, 5.74) is 2.40. The summed E-state index contributed by atoms with van der Waals surface area (Å²) in [6.45, 7) is 0.234. The van der Waals surface area contributed by atoms with Crippen LogP contribution in [-0.4, -0.2) is 25.0 Å². The van der Waals surface area contributed by atoms with Crippen LogP contribution in [0.1, 0.15) is 10.4 Å². The van der Waals surface area contributed by atoms with Gasteiger partial charge in [0.1, 0.15) is 0 Å². The van der Waals surface area contributed by atoms with E-state index in [1.165, 1.54) is 0 Å². The molecule has 1 heterocycles. The third-order valence-electron chi connectivity index (χ3n) is 4.85. The van der Waals surface area contributed by atoms with Crippen LogP contribution < -0.4 is 14.0 Å². The highest BCUT2D eigenvalue weighted by atomic mass is 79.9. The summed E-state index contributed by atoms with van der Waals surface area (Å²) >= 11 is 0. The number of hydrogen-bond acceptors (Lipinski definition) is 4. The molecule has 3 aromatic carbocycles. The highest BCUT2D eigenvalue weighted by Gasteiger charge is 2.14. The van der Waals surface area contributed by atoms with Crippen molar-refractivity contribution in [1.82, 2.24) is 4.98 Å². The minimum Gasteiger partial charge on any atom is -0.493 e. The number of ether oxygens (including phenoxy) is 2. The van der Waals surface area contributed by atoms with Gasteiger partial charge in [0.05, 0.1) is 20.4 Å². The van der Waals surface area contributed by atoms with Gasteiger partial charge in [0.2, 0.25) is 5.78 Å². The normalized spacial score (nSPS) is 10.3. The monoisotopic (exact) mass is 465 g/mol. The summed E-state index contributed by atoms with van der Waals surface area (Å²) in [6, 6.07) is 21.3. The minimum absolute atomic E-state index is 0. The maximum absolute atomic E-state index is 12.7. The van der Waals surface area contributed by atoms with E-state index >= 15 is 0 Å². The lowest BCUT2D eigenvalue weighted by molar-refractivity contribution is -0.686. The van der Waals surface area contributed by atoms with Crippen molar-refractivity contribution >= 4 is 33.5 Å². The highest BCUT2D eigenvalue weighted by Crippen LogP contribution is 2.31. The summed E-state index contributed by atoms with van der Waals surface area (Å²) in [5, 5.41) is 2.18. The fourth-order valence-electron chi connectivity index (χ4n) is 3.26. The Labute approximate surface area is 185 Å². The Morgan fingerprint density at radius 2 is 1.67 bits per heavy atom. The molecule has 0 bridgehead atoms. The van der Waals surface area contributed by atoms with Gasteiger partial charge in [-0.2, -0.15) is 0 Å². The zero-order valence-electron chi connectivity index (χ0n) is 16.7. The van der Waals surface area contributed by atoms with Crippen molar-refractivity contribution in [3.8, 4) is 22.8 Å². The number of halogens is 1. The number of ketones is 1. The molecule has 0 spiro atoms. The molecule has 4 aromatic rings. The quantitative estimate of drug-likeness (QED) is 0.306. The van der Waals surface area contributed by atoms with Crippen LogP contribution in [-0.2, 0) is 6.54 Å². The van der Waals surface area contributed by atoms with Crippen molar-refractivity contribution < 1.29 is 18.8 Å². The molecule has 0 atom stereocenters. The topological polar surface area (TPSA) is 52.3 Å². The first-order chi connectivity index (χ1) is 14.2. The largest absolute Gasteiger partial charge is 0.493 e. The van der Waals surface area contributed by atoms with Gasteiger partial charge in [-0.25, -0.2) is 4.57 Å². The first kappa shape index (κ1) is 21.5. The zero-order valence-corrected chi connectivity index (χ0v) is 18.5. The number of rotatable bonds is 6. The zero-order chi connectivity index (χ0) is 20.2. The molecule has 0 aliphatic rings. The molecular formula is C24H22BrN2O3+. The van der Waals surface area contributed by atoms with Gasteiger partial charge in [-0.1, -0.05) is 36.4 Å². The molecule has 0 saturated carbocycles. The first-order valence-corrected chi connectivity index (χ1v) is 9.27. The Balaban J connectivity index is 0.00000256. The van der Waals surface area contributed by atoms with E-state index in [2.05, 4.69) is 4.98 Å². The number of methoxy groups -OCH3 is 2. The van der Waals surface area contributed by atoms with E-state index in [0.717, 1.165) is 22.0 Å². The Kier molecular flexibility index (Phi) is 6.79. The number of fused-ring (bicyclic) bond motifs is 1. The van der Waals surface area contributed by atoms with Crippen LogP contribution >= 0.6 is 17.0 Å². The van der Waals surface area contributed by atoms with E-state index in [9.17, 15) is 4.79 Å². The van der Waals surface area contributed by atoms with Gasteiger partial charge in [-0.15, -0.1) is 17.0 Å². The highest BCUT2D eigenvalue weighted by molar-refractivity contribution is 8.93. The number of carbonyl (C=O) groups is 1. The summed E-state index contributed by atoms with van der Waals surface area (Å²) in [6.07, 6.45) is 3.53. The molecule has 0 fully saturated rings. The van der Waals surface area contributed by atoms with Crippen molar-refractivity contribution in [2.24, 2.45) is 0 Å². The first-order valence-electron chi connectivity index (χ1n) is 9.27. The number of hydrogen-bond donors (Lipinski definition) is 0. The van der Waals surface area contributed by atoms with Crippen molar-refractivity contribution in [2.45, 2.75) is 6.54 Å². The molecule has 152 valence electrons. The lowest BCUT2D eigenvalue weighted by atomic mass is 10.0.